The van der Waals surface area contributed by atoms with Gasteiger partial charge in [-0.2, -0.15) is 0 Å². The van der Waals surface area contributed by atoms with Crippen LogP contribution in [0.1, 0.15) is 27.7 Å². The summed E-state index contributed by atoms with van der Waals surface area (Å²) in [6.07, 6.45) is 1.60. The van der Waals surface area contributed by atoms with Gasteiger partial charge in [-0.25, -0.2) is 9.97 Å². The van der Waals surface area contributed by atoms with Gasteiger partial charge in [0.2, 0.25) is 0 Å². The molecule has 2 aromatic rings. The van der Waals surface area contributed by atoms with E-state index in [0.717, 1.165) is 22.4 Å². The molecule has 4 nitrogen and oxygen atoms in total. The highest BCUT2D eigenvalue weighted by Gasteiger charge is 2.25. The van der Waals surface area contributed by atoms with Crippen molar-refractivity contribution >= 4 is 22.4 Å². The zero-order valence-corrected chi connectivity index (χ0v) is 12.3. The van der Waals surface area contributed by atoms with E-state index >= 15 is 0 Å². The Bertz CT molecular complexity index is 586. The molecule has 19 heavy (non-hydrogen) atoms. The van der Waals surface area contributed by atoms with Crippen molar-refractivity contribution in [1.82, 2.24) is 9.97 Å². The number of hydrogen-bond acceptors (Lipinski definition) is 4. The average Bonchev–Trinajstić information content (AvgIpc) is 2.34. The van der Waals surface area contributed by atoms with Gasteiger partial charge in [0.05, 0.1) is 5.52 Å². The third-order valence-electron chi connectivity index (χ3n) is 3.81. The molecule has 0 bridgehead atoms. The van der Waals surface area contributed by atoms with Gasteiger partial charge in [-0.3, -0.25) is 0 Å². The van der Waals surface area contributed by atoms with Crippen molar-refractivity contribution in [2.24, 2.45) is 5.41 Å². The van der Waals surface area contributed by atoms with E-state index in [4.69, 9.17) is 5.73 Å². The summed E-state index contributed by atoms with van der Waals surface area (Å²) in [5.41, 5.74) is 7.60. The normalized spacial score (nSPS) is 13.5. The van der Waals surface area contributed by atoms with E-state index < -0.39 is 0 Å². The molecule has 0 fully saturated rings. The van der Waals surface area contributed by atoms with Gasteiger partial charge in [-0.05, 0) is 30.5 Å². The highest BCUT2D eigenvalue weighted by Crippen LogP contribution is 2.30. The molecule has 0 radical (unpaired) electrons. The molecule has 2 rings (SSSR count). The van der Waals surface area contributed by atoms with Gasteiger partial charge >= 0.3 is 0 Å². The second-order valence-electron chi connectivity index (χ2n) is 6.13. The number of nitrogen functional groups attached to an aromatic ring is 1. The zero-order chi connectivity index (χ0) is 14.2. The topological polar surface area (TPSA) is 55.0 Å². The van der Waals surface area contributed by atoms with Crippen LogP contribution in [-0.4, -0.2) is 23.1 Å². The Labute approximate surface area is 114 Å². The van der Waals surface area contributed by atoms with Crippen LogP contribution < -0.4 is 10.6 Å². The number of benzene rings is 1. The maximum absolute atomic E-state index is 5.81. The summed E-state index contributed by atoms with van der Waals surface area (Å²) in [6, 6.07) is 6.13. The first kappa shape index (κ1) is 13.6. The highest BCUT2D eigenvalue weighted by atomic mass is 15.2. The fourth-order valence-electron chi connectivity index (χ4n) is 2.11. The number of nitrogens with two attached hydrogens (primary N) is 1. The number of hydrogen-bond donors (Lipinski definition) is 1. The molecule has 0 aliphatic heterocycles. The van der Waals surface area contributed by atoms with Gasteiger partial charge < -0.3 is 10.6 Å². The summed E-state index contributed by atoms with van der Waals surface area (Å²) in [4.78, 5) is 10.9. The molecule has 1 unspecified atom stereocenters. The SMILES string of the molecule is CC(N(C)c1ncnc2cc(N)ccc12)C(C)(C)C. The van der Waals surface area contributed by atoms with Crippen LogP contribution in [0.3, 0.4) is 0 Å². The van der Waals surface area contributed by atoms with Gasteiger partial charge in [0.25, 0.3) is 0 Å². The Balaban J connectivity index is 2.51. The van der Waals surface area contributed by atoms with E-state index in [0.29, 0.717) is 6.04 Å². The van der Waals surface area contributed by atoms with Gasteiger partial charge in [-0.15, -0.1) is 0 Å². The number of fused-ring (bicyclic) bond motifs is 1. The second kappa shape index (κ2) is 4.68. The van der Waals surface area contributed by atoms with Crippen LogP contribution in [0.15, 0.2) is 24.5 Å². The van der Waals surface area contributed by atoms with Crippen molar-refractivity contribution in [1.29, 1.82) is 0 Å². The first-order chi connectivity index (χ1) is 8.80. The lowest BCUT2D eigenvalue weighted by molar-refractivity contribution is 0.329. The number of nitrogens with zero attached hydrogens (tertiary/aromatic N) is 3. The number of anilines is 2. The molecule has 1 aromatic carbocycles. The lowest BCUT2D eigenvalue weighted by atomic mass is 9.87. The first-order valence-corrected chi connectivity index (χ1v) is 6.54. The molecule has 1 aromatic heterocycles. The van der Waals surface area contributed by atoms with Crippen LogP contribution >= 0.6 is 0 Å². The predicted molar refractivity (Wildman–Crippen MR) is 81.3 cm³/mol. The van der Waals surface area contributed by atoms with Crippen molar-refractivity contribution in [2.45, 2.75) is 33.7 Å². The molecule has 2 N–H and O–H groups in total. The van der Waals surface area contributed by atoms with E-state index in [1.54, 1.807) is 6.33 Å². The molecule has 1 heterocycles. The van der Waals surface area contributed by atoms with Crippen molar-refractivity contribution < 1.29 is 0 Å². The Hall–Kier alpha value is -1.84. The third kappa shape index (κ3) is 2.62. The smallest absolute Gasteiger partial charge is 0.139 e. The van der Waals surface area contributed by atoms with Crippen LogP contribution in [0, 0.1) is 5.41 Å². The summed E-state index contributed by atoms with van der Waals surface area (Å²) in [7, 11) is 2.08. The molecular weight excluding hydrogens is 236 g/mol. The maximum atomic E-state index is 5.81. The van der Waals surface area contributed by atoms with E-state index in [1.807, 2.05) is 18.2 Å². The van der Waals surface area contributed by atoms with Gasteiger partial charge in [-0.1, -0.05) is 20.8 Å². The molecule has 1 atom stereocenters. The Morgan fingerprint density at radius 1 is 1.21 bits per heavy atom. The predicted octanol–water partition coefficient (Wildman–Crippen LogP) is 3.08. The van der Waals surface area contributed by atoms with Crippen molar-refractivity contribution in [3.8, 4) is 0 Å². The first-order valence-electron chi connectivity index (χ1n) is 6.54. The summed E-state index contributed by atoms with van der Waals surface area (Å²) < 4.78 is 0. The molecule has 0 spiro atoms. The fourth-order valence-corrected chi connectivity index (χ4v) is 2.11. The minimum Gasteiger partial charge on any atom is -0.399 e. The molecular formula is C15H22N4. The standard InChI is InChI=1S/C15H22N4/c1-10(15(2,3)4)19(5)14-12-7-6-11(16)8-13(12)17-9-18-14/h6-10H,16H2,1-5H3. The molecule has 0 amide bonds. The summed E-state index contributed by atoms with van der Waals surface area (Å²) in [6.45, 7) is 8.91. The van der Waals surface area contributed by atoms with E-state index in [2.05, 4.69) is 49.6 Å². The van der Waals surface area contributed by atoms with Crippen LogP contribution in [0.4, 0.5) is 11.5 Å². The van der Waals surface area contributed by atoms with Gasteiger partial charge in [0.15, 0.2) is 0 Å². The molecule has 0 aliphatic carbocycles. The van der Waals surface area contributed by atoms with Gasteiger partial charge in [0, 0.05) is 24.2 Å². The Morgan fingerprint density at radius 3 is 2.53 bits per heavy atom. The Kier molecular flexibility index (Phi) is 3.35. The van der Waals surface area contributed by atoms with E-state index in [-0.39, 0.29) is 5.41 Å². The lowest BCUT2D eigenvalue weighted by Crippen LogP contribution is -2.39. The van der Waals surface area contributed by atoms with Gasteiger partial charge in [0.1, 0.15) is 12.1 Å². The highest BCUT2D eigenvalue weighted by molar-refractivity contribution is 5.91. The van der Waals surface area contributed by atoms with Crippen LogP contribution in [-0.2, 0) is 0 Å². The van der Waals surface area contributed by atoms with Crippen molar-refractivity contribution in [3.05, 3.63) is 24.5 Å². The molecule has 0 saturated heterocycles. The minimum absolute atomic E-state index is 0.180. The number of aromatic nitrogens is 2. The summed E-state index contributed by atoms with van der Waals surface area (Å²) in [5.74, 6) is 0.951. The van der Waals surface area contributed by atoms with E-state index in [9.17, 15) is 0 Å². The van der Waals surface area contributed by atoms with Crippen LogP contribution in [0.2, 0.25) is 0 Å². The van der Waals surface area contributed by atoms with E-state index in [1.165, 1.54) is 0 Å². The van der Waals surface area contributed by atoms with Crippen LogP contribution in [0.25, 0.3) is 10.9 Å². The molecule has 0 saturated carbocycles. The molecule has 0 aliphatic rings. The number of rotatable bonds is 2. The van der Waals surface area contributed by atoms with Crippen LogP contribution in [0.5, 0.6) is 0 Å². The zero-order valence-electron chi connectivity index (χ0n) is 12.3. The fraction of sp³-hybridized carbons (Fsp3) is 0.467. The molecule has 4 heteroatoms. The average molecular weight is 258 g/mol. The minimum atomic E-state index is 0.180. The largest absolute Gasteiger partial charge is 0.399 e. The van der Waals surface area contributed by atoms with Crippen molar-refractivity contribution in [2.75, 3.05) is 17.7 Å². The maximum Gasteiger partial charge on any atom is 0.139 e. The van der Waals surface area contributed by atoms with Crippen molar-refractivity contribution in [3.63, 3.8) is 0 Å². The summed E-state index contributed by atoms with van der Waals surface area (Å²) in [5, 5.41) is 1.04. The Morgan fingerprint density at radius 2 is 1.89 bits per heavy atom. The lowest BCUT2D eigenvalue weighted by Gasteiger charge is -2.36. The molecule has 102 valence electrons. The third-order valence-corrected chi connectivity index (χ3v) is 3.81. The summed E-state index contributed by atoms with van der Waals surface area (Å²) >= 11 is 0. The second-order valence-corrected chi connectivity index (χ2v) is 6.13. The quantitative estimate of drug-likeness (QED) is 0.841. The monoisotopic (exact) mass is 258 g/mol.